The molecule has 0 fully saturated rings. The largest absolute Gasteiger partial charge is 0.206 e. The van der Waals surface area contributed by atoms with Crippen molar-refractivity contribution >= 4 is 11.4 Å². The maximum atomic E-state index is 14.3. The number of halogens is 2. The lowest BCUT2D eigenvalue weighted by molar-refractivity contribution is 0.572. The highest BCUT2D eigenvalue weighted by atomic mass is 19.1. The fourth-order valence-electron chi connectivity index (χ4n) is 2.93. The summed E-state index contributed by atoms with van der Waals surface area (Å²) in [5, 5.41) is 17.1. The van der Waals surface area contributed by atoms with Crippen molar-refractivity contribution in [3.05, 3.63) is 94.6 Å². The molecule has 0 amide bonds. The minimum atomic E-state index is -0.633. The predicted octanol–water partition coefficient (Wildman–Crippen LogP) is 7.38. The number of nitriles is 1. The molecular formula is C26H21F2N3. The zero-order valence-corrected chi connectivity index (χ0v) is 17.2. The molecule has 0 saturated carbocycles. The number of aryl methyl sites for hydroxylation is 1. The number of rotatable bonds is 6. The zero-order chi connectivity index (χ0) is 22.1. The number of hydrogen-bond donors (Lipinski definition) is 0. The van der Waals surface area contributed by atoms with E-state index in [1.807, 2.05) is 6.07 Å². The first kappa shape index (κ1) is 21.9. The molecule has 0 bridgehead atoms. The van der Waals surface area contributed by atoms with Crippen LogP contribution in [0, 0.1) is 34.8 Å². The smallest absolute Gasteiger partial charge is 0.142 e. The SMILES string of the molecule is CCCCCc1cc(F)c(C#Cc2ccc(N=Nc3ccc(C#N)cc3)cc2)c(F)c1. The summed E-state index contributed by atoms with van der Waals surface area (Å²) >= 11 is 0. The van der Waals surface area contributed by atoms with Crippen LogP contribution in [0.4, 0.5) is 20.2 Å². The second-order valence-electron chi connectivity index (χ2n) is 7.05. The Morgan fingerprint density at radius 3 is 1.84 bits per heavy atom. The summed E-state index contributed by atoms with van der Waals surface area (Å²) in [6.45, 7) is 2.09. The van der Waals surface area contributed by atoms with Crippen LogP contribution in [0.15, 0.2) is 70.9 Å². The van der Waals surface area contributed by atoms with Crippen LogP contribution < -0.4 is 0 Å². The van der Waals surface area contributed by atoms with Gasteiger partial charge in [0.1, 0.15) is 11.6 Å². The van der Waals surface area contributed by atoms with E-state index in [1.165, 1.54) is 12.1 Å². The van der Waals surface area contributed by atoms with E-state index in [0.717, 1.165) is 19.3 Å². The van der Waals surface area contributed by atoms with E-state index >= 15 is 0 Å². The van der Waals surface area contributed by atoms with Crippen molar-refractivity contribution in [1.82, 2.24) is 0 Å². The van der Waals surface area contributed by atoms with Gasteiger partial charge in [-0.15, -0.1) is 0 Å². The van der Waals surface area contributed by atoms with Gasteiger partial charge in [0.25, 0.3) is 0 Å². The average Bonchev–Trinajstić information content (AvgIpc) is 2.78. The Kier molecular flexibility index (Phi) is 7.62. The summed E-state index contributed by atoms with van der Waals surface area (Å²) in [4.78, 5) is 0. The molecule has 0 aromatic heterocycles. The van der Waals surface area contributed by atoms with Gasteiger partial charge in [-0.3, -0.25) is 0 Å². The second-order valence-corrected chi connectivity index (χ2v) is 7.05. The van der Waals surface area contributed by atoms with Crippen molar-refractivity contribution in [2.24, 2.45) is 10.2 Å². The first-order valence-electron chi connectivity index (χ1n) is 10.1. The van der Waals surface area contributed by atoms with Crippen molar-refractivity contribution in [3.8, 4) is 17.9 Å². The van der Waals surface area contributed by atoms with Crippen LogP contribution in [0.3, 0.4) is 0 Å². The third-order valence-corrected chi connectivity index (χ3v) is 4.65. The molecular weight excluding hydrogens is 392 g/mol. The van der Waals surface area contributed by atoms with Crippen LogP contribution in [-0.2, 0) is 6.42 Å². The molecule has 0 aliphatic carbocycles. The fourth-order valence-corrected chi connectivity index (χ4v) is 2.93. The molecule has 0 radical (unpaired) electrons. The third kappa shape index (κ3) is 6.32. The van der Waals surface area contributed by atoms with Gasteiger partial charge >= 0.3 is 0 Å². The Hall–Kier alpha value is -3.83. The Labute approximate surface area is 181 Å². The Bertz CT molecular complexity index is 1140. The van der Waals surface area contributed by atoms with Gasteiger partial charge in [-0.1, -0.05) is 31.6 Å². The molecule has 3 aromatic carbocycles. The molecule has 0 spiro atoms. The number of hydrogen-bond acceptors (Lipinski definition) is 3. The lowest BCUT2D eigenvalue weighted by Crippen LogP contribution is -1.95. The molecule has 0 N–H and O–H groups in total. The maximum absolute atomic E-state index is 14.3. The first-order chi connectivity index (χ1) is 15.1. The third-order valence-electron chi connectivity index (χ3n) is 4.65. The monoisotopic (exact) mass is 413 g/mol. The Balaban J connectivity index is 1.69. The molecule has 3 rings (SSSR count). The highest BCUT2D eigenvalue weighted by Crippen LogP contribution is 2.20. The first-order valence-corrected chi connectivity index (χ1v) is 10.1. The van der Waals surface area contributed by atoms with Gasteiger partial charge < -0.3 is 0 Å². The van der Waals surface area contributed by atoms with Crippen molar-refractivity contribution in [2.75, 3.05) is 0 Å². The Morgan fingerprint density at radius 1 is 0.774 bits per heavy atom. The normalized spacial score (nSPS) is 10.5. The quantitative estimate of drug-likeness (QED) is 0.236. The number of unbranched alkanes of at least 4 members (excludes halogenated alkanes) is 2. The number of azo groups is 1. The minimum Gasteiger partial charge on any atom is -0.206 e. The van der Waals surface area contributed by atoms with Crippen LogP contribution >= 0.6 is 0 Å². The summed E-state index contributed by atoms with van der Waals surface area (Å²) < 4.78 is 28.6. The molecule has 0 unspecified atom stereocenters. The van der Waals surface area contributed by atoms with Crippen LogP contribution in [0.5, 0.6) is 0 Å². The van der Waals surface area contributed by atoms with Gasteiger partial charge in [-0.2, -0.15) is 15.5 Å². The van der Waals surface area contributed by atoms with Gasteiger partial charge in [0.2, 0.25) is 0 Å². The van der Waals surface area contributed by atoms with Crippen LogP contribution in [0.1, 0.15) is 48.4 Å². The van der Waals surface area contributed by atoms with Gasteiger partial charge in [0.05, 0.1) is 28.6 Å². The second kappa shape index (κ2) is 10.8. The molecule has 0 aliphatic heterocycles. The van der Waals surface area contributed by atoms with Gasteiger partial charge in [-0.25, -0.2) is 8.78 Å². The van der Waals surface area contributed by atoms with E-state index in [1.54, 1.807) is 48.5 Å². The topological polar surface area (TPSA) is 48.5 Å². The molecule has 0 atom stereocenters. The van der Waals surface area contributed by atoms with Crippen molar-refractivity contribution < 1.29 is 8.78 Å². The summed E-state index contributed by atoms with van der Waals surface area (Å²) in [5.41, 5.74) is 2.86. The summed E-state index contributed by atoms with van der Waals surface area (Å²) in [6.07, 6.45) is 3.67. The summed E-state index contributed by atoms with van der Waals surface area (Å²) in [7, 11) is 0. The summed E-state index contributed by atoms with van der Waals surface area (Å²) in [5.74, 6) is 4.13. The fraction of sp³-hybridized carbons (Fsp3) is 0.192. The lowest BCUT2D eigenvalue weighted by Gasteiger charge is -2.04. The van der Waals surface area contributed by atoms with Gasteiger partial charge in [-0.05, 0) is 79.1 Å². The highest BCUT2D eigenvalue weighted by molar-refractivity contribution is 5.49. The highest BCUT2D eigenvalue weighted by Gasteiger charge is 2.09. The molecule has 3 nitrogen and oxygen atoms in total. The molecule has 0 saturated heterocycles. The molecule has 154 valence electrons. The molecule has 0 heterocycles. The van der Waals surface area contributed by atoms with E-state index in [0.29, 0.717) is 34.5 Å². The van der Waals surface area contributed by atoms with Crippen molar-refractivity contribution in [2.45, 2.75) is 32.6 Å². The van der Waals surface area contributed by atoms with E-state index in [2.05, 4.69) is 29.0 Å². The number of benzene rings is 3. The minimum absolute atomic E-state index is 0.219. The molecule has 31 heavy (non-hydrogen) atoms. The van der Waals surface area contributed by atoms with E-state index in [-0.39, 0.29) is 5.56 Å². The maximum Gasteiger partial charge on any atom is 0.142 e. The van der Waals surface area contributed by atoms with Crippen LogP contribution in [0.25, 0.3) is 0 Å². The lowest BCUT2D eigenvalue weighted by atomic mass is 10.0. The van der Waals surface area contributed by atoms with Gasteiger partial charge in [0, 0.05) is 5.56 Å². The Morgan fingerprint density at radius 2 is 1.32 bits per heavy atom. The number of nitrogens with zero attached hydrogens (tertiary/aromatic N) is 3. The van der Waals surface area contributed by atoms with Crippen molar-refractivity contribution in [1.29, 1.82) is 5.26 Å². The standard InChI is InChI=1S/C26H21F2N3/c1-2-3-4-5-21-16-25(27)24(26(28)17-21)15-10-19-6-11-22(12-7-19)30-31-23-13-8-20(18-29)9-14-23/h6-9,11-14,16-17H,2-5H2,1H3. The summed E-state index contributed by atoms with van der Waals surface area (Å²) in [6, 6.07) is 18.4. The van der Waals surface area contributed by atoms with Crippen molar-refractivity contribution in [3.63, 3.8) is 0 Å². The average molecular weight is 413 g/mol. The van der Waals surface area contributed by atoms with Crippen LogP contribution in [0.2, 0.25) is 0 Å². The molecule has 0 aliphatic rings. The van der Waals surface area contributed by atoms with E-state index in [4.69, 9.17) is 5.26 Å². The van der Waals surface area contributed by atoms with Crippen LogP contribution in [-0.4, -0.2) is 0 Å². The van der Waals surface area contributed by atoms with E-state index in [9.17, 15) is 8.78 Å². The predicted molar refractivity (Wildman–Crippen MR) is 117 cm³/mol. The molecule has 3 aromatic rings. The zero-order valence-electron chi connectivity index (χ0n) is 17.2. The van der Waals surface area contributed by atoms with E-state index < -0.39 is 11.6 Å². The molecule has 5 heteroatoms. The van der Waals surface area contributed by atoms with Gasteiger partial charge in [0.15, 0.2) is 0 Å².